The molecule has 0 N–H and O–H groups in total. The van der Waals surface area contributed by atoms with E-state index in [1.165, 1.54) is 0 Å². The maximum Gasteiger partial charge on any atom is 0.0710 e. The van der Waals surface area contributed by atoms with E-state index < -0.39 is 0 Å². The molecule has 17 heavy (non-hydrogen) atoms. The van der Waals surface area contributed by atoms with Crippen molar-refractivity contribution >= 4 is 22.5 Å². The van der Waals surface area contributed by atoms with E-state index in [9.17, 15) is 0 Å². The van der Waals surface area contributed by atoms with Crippen molar-refractivity contribution in [1.29, 1.82) is 0 Å². The van der Waals surface area contributed by atoms with Crippen molar-refractivity contribution in [1.82, 2.24) is 4.98 Å². The quantitative estimate of drug-likeness (QED) is 0.607. The predicted molar refractivity (Wildman–Crippen MR) is 72.2 cm³/mol. The maximum absolute atomic E-state index is 5.99. The molecule has 0 aliphatic heterocycles. The van der Waals surface area contributed by atoms with Crippen LogP contribution in [-0.2, 0) is 0 Å². The van der Waals surface area contributed by atoms with Gasteiger partial charge in [-0.2, -0.15) is 0 Å². The van der Waals surface area contributed by atoms with E-state index in [1.54, 1.807) is 0 Å². The Bertz CT molecular complexity index is 676. The summed E-state index contributed by atoms with van der Waals surface area (Å²) in [4.78, 5) is 4.63. The number of aromatic nitrogens is 1. The molecule has 0 saturated heterocycles. The second-order valence-corrected chi connectivity index (χ2v) is 4.34. The third kappa shape index (κ3) is 2.02. The molecule has 3 aromatic rings. The van der Waals surface area contributed by atoms with Gasteiger partial charge in [-0.1, -0.05) is 48.0 Å². The summed E-state index contributed by atoms with van der Waals surface area (Å²) >= 11 is 5.99. The fourth-order valence-electron chi connectivity index (χ4n) is 1.87. The van der Waals surface area contributed by atoms with Crippen molar-refractivity contribution in [2.45, 2.75) is 0 Å². The molecule has 2 heteroatoms. The highest BCUT2D eigenvalue weighted by Gasteiger charge is 2.01. The molecule has 0 saturated carbocycles. The number of pyridine rings is 1. The van der Waals surface area contributed by atoms with E-state index in [0.717, 1.165) is 27.2 Å². The van der Waals surface area contributed by atoms with Crippen LogP contribution in [0.3, 0.4) is 0 Å². The van der Waals surface area contributed by atoms with Crippen molar-refractivity contribution in [3.8, 4) is 11.3 Å². The van der Waals surface area contributed by atoms with Crippen LogP contribution in [0.5, 0.6) is 0 Å². The number of para-hydroxylation sites is 1. The zero-order valence-electron chi connectivity index (χ0n) is 9.10. The Morgan fingerprint density at radius 3 is 2.59 bits per heavy atom. The van der Waals surface area contributed by atoms with Crippen LogP contribution in [0.2, 0.25) is 5.02 Å². The van der Waals surface area contributed by atoms with Crippen LogP contribution in [0.4, 0.5) is 0 Å². The van der Waals surface area contributed by atoms with E-state index in [-0.39, 0.29) is 0 Å². The van der Waals surface area contributed by atoms with Gasteiger partial charge >= 0.3 is 0 Å². The highest BCUT2D eigenvalue weighted by molar-refractivity contribution is 6.30. The number of hydrogen-bond acceptors (Lipinski definition) is 1. The summed E-state index contributed by atoms with van der Waals surface area (Å²) in [6.07, 6.45) is 0. The molecule has 0 bridgehead atoms. The first-order valence-corrected chi connectivity index (χ1v) is 5.82. The smallest absolute Gasteiger partial charge is 0.0710 e. The first-order chi connectivity index (χ1) is 8.33. The van der Waals surface area contributed by atoms with Crippen LogP contribution in [0, 0.1) is 0 Å². The zero-order chi connectivity index (χ0) is 11.7. The number of hydrogen-bond donors (Lipinski definition) is 0. The van der Waals surface area contributed by atoms with Gasteiger partial charge in [-0.25, -0.2) is 4.98 Å². The van der Waals surface area contributed by atoms with Gasteiger partial charge in [0.05, 0.1) is 11.2 Å². The van der Waals surface area contributed by atoms with Crippen LogP contribution < -0.4 is 0 Å². The molecule has 0 amide bonds. The third-order valence-electron chi connectivity index (χ3n) is 2.72. The van der Waals surface area contributed by atoms with Crippen molar-refractivity contribution in [2.75, 3.05) is 0 Å². The minimum atomic E-state index is 0.734. The van der Waals surface area contributed by atoms with Crippen molar-refractivity contribution < 1.29 is 0 Å². The number of fused-ring (bicyclic) bond motifs is 1. The molecule has 0 aliphatic carbocycles. The molecule has 82 valence electrons. The molecule has 0 spiro atoms. The van der Waals surface area contributed by atoms with E-state index in [4.69, 9.17) is 11.6 Å². The summed E-state index contributed by atoms with van der Waals surface area (Å²) in [5, 5.41) is 1.88. The second kappa shape index (κ2) is 4.19. The highest BCUT2D eigenvalue weighted by Crippen LogP contribution is 2.23. The lowest BCUT2D eigenvalue weighted by molar-refractivity contribution is 1.40. The molecule has 1 heterocycles. The van der Waals surface area contributed by atoms with Gasteiger partial charge in [-0.3, -0.25) is 0 Å². The standard InChI is InChI=1S/C15H10ClN/c16-13-6-3-5-12(10-13)15-9-8-11-4-1-2-7-14(11)17-15/h1-10H. The normalized spacial score (nSPS) is 10.6. The molecule has 0 radical (unpaired) electrons. The van der Waals surface area contributed by atoms with E-state index in [2.05, 4.69) is 17.1 Å². The molecule has 3 rings (SSSR count). The van der Waals surface area contributed by atoms with Crippen molar-refractivity contribution in [3.05, 3.63) is 65.7 Å². The van der Waals surface area contributed by atoms with Gasteiger partial charge in [0.2, 0.25) is 0 Å². The SMILES string of the molecule is Clc1cccc(-c2ccc3ccccc3n2)c1. The van der Waals surface area contributed by atoms with Gasteiger partial charge in [-0.05, 0) is 24.3 Å². The molecule has 0 fully saturated rings. The topological polar surface area (TPSA) is 12.9 Å². The van der Waals surface area contributed by atoms with Gasteiger partial charge in [0.15, 0.2) is 0 Å². The van der Waals surface area contributed by atoms with Crippen molar-refractivity contribution in [3.63, 3.8) is 0 Å². The summed E-state index contributed by atoms with van der Waals surface area (Å²) in [5.74, 6) is 0. The molecule has 2 aromatic carbocycles. The lowest BCUT2D eigenvalue weighted by Crippen LogP contribution is -1.84. The van der Waals surface area contributed by atoms with Crippen LogP contribution in [0.25, 0.3) is 22.2 Å². The maximum atomic E-state index is 5.99. The Hall–Kier alpha value is -1.86. The van der Waals surface area contributed by atoms with Gasteiger partial charge in [0, 0.05) is 16.0 Å². The number of rotatable bonds is 1. The van der Waals surface area contributed by atoms with E-state index in [0.29, 0.717) is 0 Å². The molecule has 0 unspecified atom stereocenters. The zero-order valence-corrected chi connectivity index (χ0v) is 9.85. The van der Waals surface area contributed by atoms with Gasteiger partial charge < -0.3 is 0 Å². The molecular weight excluding hydrogens is 230 g/mol. The van der Waals surface area contributed by atoms with Crippen LogP contribution in [-0.4, -0.2) is 4.98 Å². The summed E-state index contributed by atoms with van der Waals surface area (Å²) in [6.45, 7) is 0. The monoisotopic (exact) mass is 239 g/mol. The summed E-state index contributed by atoms with van der Waals surface area (Å²) in [6, 6.07) is 19.9. The van der Waals surface area contributed by atoms with E-state index in [1.807, 2.05) is 48.5 Å². The average molecular weight is 240 g/mol. The lowest BCUT2D eigenvalue weighted by atomic mass is 10.1. The molecule has 0 atom stereocenters. The Labute approximate surface area is 105 Å². The molecule has 1 nitrogen and oxygen atoms in total. The number of nitrogens with zero attached hydrogens (tertiary/aromatic N) is 1. The largest absolute Gasteiger partial charge is 0.248 e. The summed E-state index contributed by atoms with van der Waals surface area (Å²) in [7, 11) is 0. The first kappa shape index (κ1) is 10.3. The minimum absolute atomic E-state index is 0.734. The molecule has 1 aromatic heterocycles. The Kier molecular flexibility index (Phi) is 2.54. The minimum Gasteiger partial charge on any atom is -0.248 e. The van der Waals surface area contributed by atoms with Gasteiger partial charge in [0.1, 0.15) is 0 Å². The van der Waals surface area contributed by atoms with Gasteiger partial charge in [-0.15, -0.1) is 0 Å². The van der Waals surface area contributed by atoms with Crippen LogP contribution >= 0.6 is 11.6 Å². The second-order valence-electron chi connectivity index (χ2n) is 3.90. The Morgan fingerprint density at radius 1 is 0.824 bits per heavy atom. The molecular formula is C15H10ClN. The lowest BCUT2D eigenvalue weighted by Gasteiger charge is -2.03. The van der Waals surface area contributed by atoms with E-state index >= 15 is 0 Å². The average Bonchev–Trinajstić information content (AvgIpc) is 2.38. The fraction of sp³-hybridized carbons (Fsp3) is 0. The Balaban J connectivity index is 2.18. The summed E-state index contributed by atoms with van der Waals surface area (Å²) in [5.41, 5.74) is 3.00. The van der Waals surface area contributed by atoms with Crippen molar-refractivity contribution in [2.24, 2.45) is 0 Å². The van der Waals surface area contributed by atoms with Crippen LogP contribution in [0.1, 0.15) is 0 Å². The predicted octanol–water partition coefficient (Wildman–Crippen LogP) is 4.56. The molecule has 0 aliphatic rings. The van der Waals surface area contributed by atoms with Crippen LogP contribution in [0.15, 0.2) is 60.7 Å². The van der Waals surface area contributed by atoms with Gasteiger partial charge in [0.25, 0.3) is 0 Å². The Morgan fingerprint density at radius 2 is 1.71 bits per heavy atom. The fourth-order valence-corrected chi connectivity index (χ4v) is 2.06. The number of benzene rings is 2. The third-order valence-corrected chi connectivity index (χ3v) is 2.95. The summed E-state index contributed by atoms with van der Waals surface area (Å²) < 4.78 is 0. The first-order valence-electron chi connectivity index (χ1n) is 5.45. The highest BCUT2D eigenvalue weighted by atomic mass is 35.5. The number of halogens is 1.